The summed E-state index contributed by atoms with van der Waals surface area (Å²) in [7, 11) is 0. The van der Waals surface area contributed by atoms with Crippen LogP contribution in [0.4, 0.5) is 5.82 Å². The van der Waals surface area contributed by atoms with Crippen molar-refractivity contribution in [2.45, 2.75) is 24.0 Å². The van der Waals surface area contributed by atoms with E-state index in [1.165, 1.54) is 18.0 Å². The summed E-state index contributed by atoms with van der Waals surface area (Å²) >= 11 is 1.40. The van der Waals surface area contributed by atoms with Gasteiger partial charge in [0.2, 0.25) is 5.91 Å². The molecular formula is C11H13N5OS. The van der Waals surface area contributed by atoms with E-state index in [1.54, 1.807) is 0 Å². The largest absolute Gasteiger partial charge is 0.368 e. The van der Waals surface area contributed by atoms with Gasteiger partial charge in [0.05, 0.1) is 6.20 Å². The Bertz CT molecular complexity index is 513. The van der Waals surface area contributed by atoms with Crippen molar-refractivity contribution < 1.29 is 4.79 Å². The Kier molecular flexibility index (Phi) is 3.67. The lowest BCUT2D eigenvalue weighted by Crippen LogP contribution is -2.41. The van der Waals surface area contributed by atoms with E-state index in [0.717, 1.165) is 6.42 Å². The van der Waals surface area contributed by atoms with Gasteiger partial charge in [0.15, 0.2) is 11.0 Å². The third kappa shape index (κ3) is 2.24. The molecular weight excluding hydrogens is 250 g/mol. The van der Waals surface area contributed by atoms with Crippen molar-refractivity contribution in [3.63, 3.8) is 0 Å². The second kappa shape index (κ2) is 5.23. The molecule has 1 atom stereocenters. The minimum Gasteiger partial charge on any atom is -0.368 e. The molecule has 0 spiro atoms. The number of carbonyl (C=O) groups is 1. The summed E-state index contributed by atoms with van der Waals surface area (Å²) in [5.41, 5.74) is 5.75. The normalized spacial score (nSPS) is 18.7. The number of carbonyl (C=O) groups excluding carboxylic acids is 1. The van der Waals surface area contributed by atoms with Crippen LogP contribution in [-0.2, 0) is 4.79 Å². The topological polar surface area (TPSA) is 95.9 Å². The number of anilines is 1. The van der Waals surface area contributed by atoms with Gasteiger partial charge in [0, 0.05) is 6.54 Å². The van der Waals surface area contributed by atoms with Gasteiger partial charge in [-0.2, -0.15) is 5.26 Å². The number of hydrogen-bond acceptors (Lipinski definition) is 6. The van der Waals surface area contributed by atoms with Crippen LogP contribution in [0.5, 0.6) is 0 Å². The monoisotopic (exact) mass is 263 g/mol. The first kappa shape index (κ1) is 12.6. The minimum absolute atomic E-state index is 0.373. The number of hydrogen-bond donors (Lipinski definition) is 1. The first-order valence-corrected chi connectivity index (χ1v) is 6.77. The van der Waals surface area contributed by atoms with Gasteiger partial charge in [-0.25, -0.2) is 9.97 Å². The van der Waals surface area contributed by atoms with E-state index in [4.69, 9.17) is 11.0 Å². The highest BCUT2D eigenvalue weighted by Crippen LogP contribution is 2.27. The molecule has 0 saturated carbocycles. The second-order valence-corrected chi connectivity index (χ2v) is 4.73. The maximum absolute atomic E-state index is 11.4. The average molecular weight is 263 g/mol. The lowest BCUT2D eigenvalue weighted by Gasteiger charge is -2.24. The van der Waals surface area contributed by atoms with Gasteiger partial charge < -0.3 is 10.6 Å². The number of nitrogens with zero attached hydrogens (tertiary/aromatic N) is 4. The van der Waals surface area contributed by atoms with Crippen LogP contribution in [0.1, 0.15) is 18.4 Å². The molecule has 1 fully saturated rings. The van der Waals surface area contributed by atoms with E-state index in [2.05, 4.69) is 16.0 Å². The summed E-state index contributed by atoms with van der Waals surface area (Å²) in [6, 6.07) is 1.68. The van der Waals surface area contributed by atoms with Crippen LogP contribution in [0, 0.1) is 11.3 Å². The van der Waals surface area contributed by atoms with Crippen LogP contribution >= 0.6 is 11.8 Å². The van der Waals surface area contributed by atoms with Gasteiger partial charge in [0.1, 0.15) is 17.7 Å². The maximum Gasteiger partial charge on any atom is 0.240 e. The Morgan fingerprint density at radius 2 is 2.50 bits per heavy atom. The highest BCUT2D eigenvalue weighted by molar-refractivity contribution is 7.98. The molecule has 1 aliphatic heterocycles. The van der Waals surface area contributed by atoms with Crippen LogP contribution in [0.3, 0.4) is 0 Å². The van der Waals surface area contributed by atoms with Crippen molar-refractivity contribution >= 4 is 23.5 Å². The number of rotatable bonds is 3. The third-order valence-electron chi connectivity index (χ3n) is 2.90. The fourth-order valence-corrected chi connectivity index (χ4v) is 2.41. The van der Waals surface area contributed by atoms with Crippen molar-refractivity contribution in [3.8, 4) is 6.07 Å². The third-order valence-corrected chi connectivity index (χ3v) is 3.46. The molecule has 0 aliphatic carbocycles. The fraction of sp³-hybridized carbons (Fsp3) is 0.455. The van der Waals surface area contributed by atoms with Crippen molar-refractivity contribution in [1.82, 2.24) is 9.97 Å². The highest BCUT2D eigenvalue weighted by atomic mass is 32.2. The summed E-state index contributed by atoms with van der Waals surface area (Å²) in [6.45, 7) is 0.688. The standard InChI is InChI=1S/C11H13N5OS/c1-18-11-14-6-7(5-12)10(15-11)16-4-2-3-8(16)9(13)17/h6,8H,2-4H2,1H3,(H2,13,17). The Hall–Kier alpha value is -1.81. The number of thioether (sulfide) groups is 1. The minimum atomic E-state index is -0.374. The molecule has 1 saturated heterocycles. The SMILES string of the molecule is CSc1ncc(C#N)c(N2CCCC2C(N)=O)n1. The Morgan fingerprint density at radius 3 is 3.11 bits per heavy atom. The number of amides is 1. The van der Waals surface area contributed by atoms with Crippen LogP contribution in [0.25, 0.3) is 0 Å². The molecule has 2 rings (SSSR count). The lowest BCUT2D eigenvalue weighted by atomic mass is 10.2. The van der Waals surface area contributed by atoms with Crippen LogP contribution in [0.15, 0.2) is 11.4 Å². The molecule has 1 aromatic heterocycles. The molecule has 2 heterocycles. The number of nitrogens with two attached hydrogens (primary N) is 1. The first-order valence-electron chi connectivity index (χ1n) is 5.54. The van der Waals surface area contributed by atoms with Gasteiger partial charge in [-0.3, -0.25) is 4.79 Å². The van der Waals surface area contributed by atoms with E-state index < -0.39 is 0 Å². The fourth-order valence-electron chi connectivity index (χ4n) is 2.07. The number of nitriles is 1. The highest BCUT2D eigenvalue weighted by Gasteiger charge is 2.31. The molecule has 1 aromatic rings. The predicted molar refractivity (Wildman–Crippen MR) is 68.1 cm³/mol. The molecule has 7 heteroatoms. The smallest absolute Gasteiger partial charge is 0.240 e. The summed E-state index contributed by atoms with van der Waals surface area (Å²) in [5.74, 6) is 0.138. The molecule has 94 valence electrons. The van der Waals surface area contributed by atoms with Crippen molar-refractivity contribution in [3.05, 3.63) is 11.8 Å². The first-order chi connectivity index (χ1) is 8.67. The predicted octanol–water partition coefficient (Wildman–Crippen LogP) is 0.524. The molecule has 1 unspecified atom stereocenters. The van der Waals surface area contributed by atoms with E-state index in [9.17, 15) is 4.79 Å². The molecule has 2 N–H and O–H groups in total. The lowest BCUT2D eigenvalue weighted by molar-refractivity contribution is -0.119. The summed E-state index contributed by atoms with van der Waals surface area (Å²) in [4.78, 5) is 21.6. The summed E-state index contributed by atoms with van der Waals surface area (Å²) in [5, 5.41) is 9.67. The maximum atomic E-state index is 11.4. The quantitative estimate of drug-likeness (QED) is 0.631. The molecule has 1 amide bonds. The summed E-state index contributed by atoms with van der Waals surface area (Å²) in [6.07, 6.45) is 4.93. The van der Waals surface area contributed by atoms with Crippen LogP contribution in [-0.4, -0.2) is 34.7 Å². The van der Waals surface area contributed by atoms with E-state index in [1.807, 2.05) is 11.2 Å². The molecule has 0 aromatic carbocycles. The molecule has 1 aliphatic rings. The number of primary amides is 1. The Morgan fingerprint density at radius 1 is 1.72 bits per heavy atom. The molecule has 0 radical (unpaired) electrons. The second-order valence-electron chi connectivity index (χ2n) is 3.96. The van der Waals surface area contributed by atoms with Crippen LogP contribution < -0.4 is 10.6 Å². The van der Waals surface area contributed by atoms with E-state index >= 15 is 0 Å². The van der Waals surface area contributed by atoms with Crippen molar-refractivity contribution in [1.29, 1.82) is 5.26 Å². The Labute approximate surface area is 109 Å². The van der Waals surface area contributed by atoms with Gasteiger partial charge in [-0.1, -0.05) is 11.8 Å². The van der Waals surface area contributed by atoms with E-state index in [-0.39, 0.29) is 11.9 Å². The van der Waals surface area contributed by atoms with Crippen LogP contribution in [0.2, 0.25) is 0 Å². The molecule has 18 heavy (non-hydrogen) atoms. The zero-order valence-electron chi connectivity index (χ0n) is 9.96. The molecule has 0 bridgehead atoms. The van der Waals surface area contributed by atoms with Crippen molar-refractivity contribution in [2.75, 3.05) is 17.7 Å². The van der Waals surface area contributed by atoms with E-state index in [0.29, 0.717) is 29.5 Å². The van der Waals surface area contributed by atoms with Crippen molar-refractivity contribution in [2.24, 2.45) is 5.73 Å². The zero-order chi connectivity index (χ0) is 13.1. The van der Waals surface area contributed by atoms with Gasteiger partial charge in [-0.15, -0.1) is 0 Å². The summed E-state index contributed by atoms with van der Waals surface area (Å²) < 4.78 is 0. The van der Waals surface area contributed by atoms with Gasteiger partial charge in [0.25, 0.3) is 0 Å². The zero-order valence-corrected chi connectivity index (χ0v) is 10.8. The number of aromatic nitrogens is 2. The van der Waals surface area contributed by atoms with Gasteiger partial charge in [-0.05, 0) is 19.1 Å². The average Bonchev–Trinajstić information content (AvgIpc) is 2.87. The Balaban J connectivity index is 2.42. The van der Waals surface area contributed by atoms with Gasteiger partial charge >= 0.3 is 0 Å². The molecule has 6 nitrogen and oxygen atoms in total.